The second-order valence-electron chi connectivity index (χ2n) is 14.2. The van der Waals surface area contributed by atoms with Gasteiger partial charge >= 0.3 is 0 Å². The zero-order valence-corrected chi connectivity index (χ0v) is 36.2. The summed E-state index contributed by atoms with van der Waals surface area (Å²) in [4.78, 5) is 87.1. The highest BCUT2D eigenvalue weighted by Crippen LogP contribution is 2.29. The molecule has 4 atom stereocenters. The molecule has 9 N–H and O–H groups in total. The number of phenols is 1. The van der Waals surface area contributed by atoms with Crippen molar-refractivity contribution in [3.8, 4) is 5.75 Å². The quantitative estimate of drug-likeness (QED) is 0.0367. The normalized spacial score (nSPS) is 16.5. The SMILES string of the molecule is CCCC(=O)NCCOCCOCC(=O)NCCOCCOCC(=O)NCCCC[C@H](NCC(=O)[C@@H]1CSSC[C@H](N)C(=O)C1)C(=O)C[C@@H](Cc1ccc(O)cc1)C(N)=O. The van der Waals surface area contributed by atoms with Crippen LogP contribution in [-0.2, 0) is 58.9 Å². The third kappa shape index (κ3) is 24.6. The molecular formula is C40H64N6O12S2. The van der Waals surface area contributed by atoms with E-state index in [-0.39, 0.29) is 113 Å². The van der Waals surface area contributed by atoms with E-state index in [0.717, 1.165) is 12.0 Å². The number of nitrogens with two attached hydrogens (primary N) is 2. The average molecular weight is 885 g/mol. The first-order chi connectivity index (χ1) is 28.9. The Kier molecular flexibility index (Phi) is 28.1. The summed E-state index contributed by atoms with van der Waals surface area (Å²) in [6.45, 7) is 4.04. The van der Waals surface area contributed by atoms with Crippen LogP contribution in [0.2, 0.25) is 0 Å². The van der Waals surface area contributed by atoms with Crippen LogP contribution < -0.4 is 32.7 Å². The predicted octanol–water partition coefficient (Wildman–Crippen LogP) is 0.206. The molecule has 0 bridgehead atoms. The molecule has 338 valence electrons. The Labute approximate surface area is 360 Å². The number of aromatic hydroxyl groups is 1. The van der Waals surface area contributed by atoms with Gasteiger partial charge in [0.1, 0.15) is 19.0 Å². The molecule has 0 unspecified atom stereocenters. The number of carbonyl (C=O) groups excluding carboxylic acids is 7. The Morgan fingerprint density at radius 3 is 2.00 bits per heavy atom. The highest BCUT2D eigenvalue weighted by molar-refractivity contribution is 8.76. The second kappa shape index (κ2) is 32.1. The molecule has 0 saturated carbocycles. The number of phenolic OH excluding ortho intramolecular Hbond substituents is 1. The zero-order chi connectivity index (χ0) is 44.0. The van der Waals surface area contributed by atoms with Crippen LogP contribution in [-0.4, -0.2) is 149 Å². The minimum absolute atomic E-state index is 0.00864. The lowest BCUT2D eigenvalue weighted by molar-refractivity contribution is -0.129. The molecule has 0 aromatic heterocycles. The number of rotatable bonds is 33. The zero-order valence-electron chi connectivity index (χ0n) is 34.6. The first-order valence-electron chi connectivity index (χ1n) is 20.4. The Morgan fingerprint density at radius 2 is 1.38 bits per heavy atom. The van der Waals surface area contributed by atoms with Gasteiger partial charge in [0.05, 0.1) is 58.3 Å². The molecule has 1 aromatic carbocycles. The van der Waals surface area contributed by atoms with Crippen molar-refractivity contribution in [3.05, 3.63) is 29.8 Å². The molecule has 20 heteroatoms. The van der Waals surface area contributed by atoms with Gasteiger partial charge in [-0.05, 0) is 49.8 Å². The molecule has 0 radical (unpaired) electrons. The van der Waals surface area contributed by atoms with Crippen molar-refractivity contribution in [1.29, 1.82) is 0 Å². The van der Waals surface area contributed by atoms with Crippen LogP contribution >= 0.6 is 21.6 Å². The van der Waals surface area contributed by atoms with Crippen molar-refractivity contribution >= 4 is 62.6 Å². The highest BCUT2D eigenvalue weighted by atomic mass is 33.1. The summed E-state index contributed by atoms with van der Waals surface area (Å²) in [5.41, 5.74) is 12.3. The van der Waals surface area contributed by atoms with E-state index >= 15 is 0 Å². The van der Waals surface area contributed by atoms with Crippen molar-refractivity contribution in [2.24, 2.45) is 23.3 Å². The minimum Gasteiger partial charge on any atom is -0.508 e. The number of unbranched alkanes of at least 4 members (excludes halogenated alkanes) is 1. The van der Waals surface area contributed by atoms with E-state index in [2.05, 4.69) is 21.3 Å². The van der Waals surface area contributed by atoms with Crippen LogP contribution in [0.25, 0.3) is 0 Å². The number of nitrogens with one attached hydrogen (secondary N) is 4. The van der Waals surface area contributed by atoms with E-state index in [9.17, 15) is 38.7 Å². The maximum absolute atomic E-state index is 13.6. The minimum atomic E-state index is -0.808. The number of benzene rings is 1. The first kappa shape index (κ1) is 52.5. The number of hydrogen-bond acceptors (Lipinski definition) is 16. The van der Waals surface area contributed by atoms with Gasteiger partial charge in [-0.25, -0.2) is 0 Å². The number of hydrogen-bond donors (Lipinski definition) is 7. The summed E-state index contributed by atoms with van der Waals surface area (Å²) < 4.78 is 21.4. The van der Waals surface area contributed by atoms with Crippen molar-refractivity contribution in [2.45, 2.75) is 70.4 Å². The third-order valence-electron chi connectivity index (χ3n) is 9.16. The van der Waals surface area contributed by atoms with Crippen LogP contribution in [0.4, 0.5) is 0 Å². The molecule has 0 aliphatic carbocycles. The molecule has 4 amide bonds. The maximum Gasteiger partial charge on any atom is 0.246 e. The van der Waals surface area contributed by atoms with Gasteiger partial charge in [0.2, 0.25) is 23.6 Å². The van der Waals surface area contributed by atoms with Gasteiger partial charge in [-0.1, -0.05) is 40.6 Å². The lowest BCUT2D eigenvalue weighted by atomic mass is 9.90. The lowest BCUT2D eigenvalue weighted by Gasteiger charge is -2.23. The van der Waals surface area contributed by atoms with Gasteiger partial charge in [0, 0.05) is 62.2 Å². The fourth-order valence-electron chi connectivity index (χ4n) is 5.74. The number of ketones is 3. The fraction of sp³-hybridized carbons (Fsp3) is 0.675. The van der Waals surface area contributed by atoms with E-state index in [1.807, 2.05) is 6.92 Å². The molecular weight excluding hydrogens is 821 g/mol. The predicted molar refractivity (Wildman–Crippen MR) is 228 cm³/mol. The second-order valence-corrected chi connectivity index (χ2v) is 16.8. The van der Waals surface area contributed by atoms with Crippen molar-refractivity contribution < 1.29 is 57.6 Å². The van der Waals surface area contributed by atoms with Crippen LogP contribution in [0.3, 0.4) is 0 Å². The topological polar surface area (TPSA) is 277 Å². The van der Waals surface area contributed by atoms with Crippen molar-refractivity contribution in [2.75, 3.05) is 90.5 Å². The summed E-state index contributed by atoms with van der Waals surface area (Å²) in [7, 11) is 2.94. The van der Waals surface area contributed by atoms with Crippen LogP contribution in [0.1, 0.15) is 57.4 Å². The van der Waals surface area contributed by atoms with Crippen molar-refractivity contribution in [1.82, 2.24) is 21.3 Å². The molecule has 2 rings (SSSR count). The fourth-order valence-corrected chi connectivity index (χ4v) is 8.24. The van der Waals surface area contributed by atoms with Crippen LogP contribution in [0.15, 0.2) is 24.3 Å². The number of primary amides is 1. The monoisotopic (exact) mass is 884 g/mol. The van der Waals surface area contributed by atoms with Gasteiger partial charge < -0.3 is 56.8 Å². The number of Topliss-reactive ketones (excluding diaryl/α,β-unsaturated/α-hetero) is 3. The molecule has 1 heterocycles. The maximum atomic E-state index is 13.6. The first-order valence-corrected chi connectivity index (χ1v) is 22.9. The number of amides is 4. The van der Waals surface area contributed by atoms with Gasteiger partial charge in [0.15, 0.2) is 17.3 Å². The van der Waals surface area contributed by atoms with E-state index in [0.29, 0.717) is 63.5 Å². The van der Waals surface area contributed by atoms with Gasteiger partial charge in [-0.2, -0.15) is 0 Å². The number of ether oxygens (including phenoxy) is 4. The molecule has 1 aliphatic heterocycles. The van der Waals surface area contributed by atoms with E-state index in [1.165, 1.54) is 33.7 Å². The highest BCUT2D eigenvalue weighted by Gasteiger charge is 2.30. The summed E-state index contributed by atoms with van der Waals surface area (Å²) in [5, 5.41) is 20.9. The van der Waals surface area contributed by atoms with E-state index < -0.39 is 29.8 Å². The average Bonchev–Trinajstić information content (AvgIpc) is 3.21. The summed E-state index contributed by atoms with van der Waals surface area (Å²) >= 11 is 0. The summed E-state index contributed by atoms with van der Waals surface area (Å²) in [6, 6.07) is 4.87. The Morgan fingerprint density at radius 1 is 0.800 bits per heavy atom. The van der Waals surface area contributed by atoms with Gasteiger partial charge in [-0.15, -0.1) is 0 Å². The van der Waals surface area contributed by atoms with E-state index in [4.69, 9.17) is 30.4 Å². The van der Waals surface area contributed by atoms with Gasteiger partial charge in [0.25, 0.3) is 0 Å². The van der Waals surface area contributed by atoms with Crippen molar-refractivity contribution in [3.63, 3.8) is 0 Å². The Bertz CT molecular complexity index is 1470. The molecule has 1 aromatic rings. The molecule has 18 nitrogen and oxygen atoms in total. The molecule has 60 heavy (non-hydrogen) atoms. The standard InChI is InChI=1S/C40H64N6O12S2/c1-2-5-37(51)44-12-14-55-16-19-58-25-39(53)45-13-15-56-17-18-57-24-38(52)43-11-4-3-6-33(46-23-36(50)30-22-34(48)32(41)27-60-59-26-30)35(49)21-29(40(42)54)20-28-7-9-31(47)10-8-28/h7-10,29-30,32-33,46-47H,2-6,11-27,41H2,1H3,(H2,42,54)(H,43,52)(H,44,51)(H,45,53)/t29-,30+,32+,33+/m1/s1. The third-order valence-corrected chi connectivity index (χ3v) is 11.7. The number of carbonyl (C=O) groups is 7. The largest absolute Gasteiger partial charge is 0.508 e. The summed E-state index contributed by atoms with van der Waals surface area (Å²) in [6.07, 6.45) is 2.71. The molecule has 0 spiro atoms. The Balaban J connectivity index is 1.66. The lowest BCUT2D eigenvalue weighted by Crippen LogP contribution is -2.44. The van der Waals surface area contributed by atoms with Gasteiger partial charge in [-0.3, -0.25) is 33.6 Å². The Hall–Kier alpha value is -3.63. The molecule has 1 saturated heterocycles. The smallest absolute Gasteiger partial charge is 0.246 e. The van der Waals surface area contributed by atoms with Crippen LogP contribution in [0, 0.1) is 11.8 Å². The summed E-state index contributed by atoms with van der Waals surface area (Å²) in [5.74, 6) is -2.28. The van der Waals surface area contributed by atoms with E-state index in [1.54, 1.807) is 12.1 Å². The molecule has 1 aliphatic rings. The van der Waals surface area contributed by atoms with Crippen LogP contribution in [0.5, 0.6) is 5.75 Å². The molecule has 1 fully saturated rings.